The molecule has 5 rings (SSSR count). The maximum Gasteiger partial charge on any atom is -0.00234 e. The number of hydrogen-bond acceptors (Lipinski definition) is 0. The molecule has 0 saturated carbocycles. The second-order valence-electron chi connectivity index (χ2n) is 7.19. The second-order valence-corrected chi connectivity index (χ2v) is 7.19. The lowest BCUT2D eigenvalue weighted by Gasteiger charge is -2.19. The molecule has 116 valence electrons. The van der Waals surface area contributed by atoms with E-state index in [0.29, 0.717) is 0 Å². The van der Waals surface area contributed by atoms with Crippen LogP contribution in [0.3, 0.4) is 0 Å². The van der Waals surface area contributed by atoms with Crippen LogP contribution < -0.4 is 0 Å². The molecule has 0 aliphatic rings. The number of rotatable bonds is 0. The van der Waals surface area contributed by atoms with Gasteiger partial charge in [-0.1, -0.05) is 48.5 Å². The lowest BCUT2D eigenvalue weighted by Crippen LogP contribution is -1.94. The first-order valence-electron chi connectivity index (χ1n) is 8.64. The Labute approximate surface area is 142 Å². The van der Waals surface area contributed by atoms with E-state index >= 15 is 0 Å². The summed E-state index contributed by atoms with van der Waals surface area (Å²) in [6.45, 7) is 9.00. The molecule has 0 aliphatic carbocycles. The van der Waals surface area contributed by atoms with Gasteiger partial charge >= 0.3 is 0 Å². The van der Waals surface area contributed by atoms with Crippen molar-refractivity contribution in [3.05, 3.63) is 70.8 Å². The largest absolute Gasteiger partial charge is 0.0610 e. The van der Waals surface area contributed by atoms with Gasteiger partial charge in [0.05, 0.1) is 0 Å². The van der Waals surface area contributed by atoms with Gasteiger partial charge in [0.15, 0.2) is 0 Å². The zero-order valence-electron chi connectivity index (χ0n) is 14.6. The summed E-state index contributed by atoms with van der Waals surface area (Å²) >= 11 is 0. The molecule has 5 aromatic rings. The highest BCUT2D eigenvalue weighted by Crippen LogP contribution is 2.43. The quantitative estimate of drug-likeness (QED) is 0.214. The van der Waals surface area contributed by atoms with Crippen molar-refractivity contribution in [1.29, 1.82) is 0 Å². The van der Waals surface area contributed by atoms with Crippen molar-refractivity contribution in [2.75, 3.05) is 0 Å². The third-order valence-corrected chi connectivity index (χ3v) is 5.91. The maximum absolute atomic E-state index is 2.34. The molecule has 0 fully saturated rings. The SMILES string of the molecule is Cc1cc2cccc3c4c(C)c(C)cc5cccc(c(c1C)c23)c54. The van der Waals surface area contributed by atoms with Crippen LogP contribution in [-0.2, 0) is 0 Å². The van der Waals surface area contributed by atoms with Crippen LogP contribution in [-0.4, -0.2) is 0 Å². The lowest BCUT2D eigenvalue weighted by atomic mass is 9.84. The minimum absolute atomic E-state index is 1.36. The molecule has 0 aliphatic heterocycles. The number of hydrogen-bond donors (Lipinski definition) is 0. The van der Waals surface area contributed by atoms with Crippen molar-refractivity contribution in [1.82, 2.24) is 0 Å². The molecule has 0 bridgehead atoms. The standard InChI is InChI=1S/C24H20/c1-13-11-17-7-5-10-20-22-16(4)14(2)12-18-8-6-9-19(24(18)22)21(15(13)3)23(17)20/h5-12H,1-4H3. The van der Waals surface area contributed by atoms with Crippen LogP contribution in [0.2, 0.25) is 0 Å². The fourth-order valence-electron chi connectivity index (χ4n) is 4.48. The van der Waals surface area contributed by atoms with Crippen molar-refractivity contribution < 1.29 is 0 Å². The van der Waals surface area contributed by atoms with Crippen LogP contribution in [0.15, 0.2) is 48.5 Å². The first-order valence-corrected chi connectivity index (χ1v) is 8.64. The van der Waals surface area contributed by atoms with E-state index in [2.05, 4.69) is 76.2 Å². The Kier molecular flexibility index (Phi) is 2.58. The highest BCUT2D eigenvalue weighted by molar-refractivity contribution is 6.34. The molecule has 0 unspecified atom stereocenters. The Bertz CT molecular complexity index is 1170. The van der Waals surface area contributed by atoms with Crippen LogP contribution in [0.1, 0.15) is 22.3 Å². The third kappa shape index (κ3) is 1.54. The van der Waals surface area contributed by atoms with E-state index in [4.69, 9.17) is 0 Å². The molecular weight excluding hydrogens is 288 g/mol. The molecule has 0 heterocycles. The number of benzene rings is 5. The van der Waals surface area contributed by atoms with E-state index in [9.17, 15) is 0 Å². The van der Waals surface area contributed by atoms with Crippen LogP contribution in [0, 0.1) is 27.7 Å². The molecule has 0 atom stereocenters. The van der Waals surface area contributed by atoms with Crippen LogP contribution >= 0.6 is 0 Å². The Balaban J connectivity index is 2.32. The Morgan fingerprint density at radius 2 is 0.917 bits per heavy atom. The Morgan fingerprint density at radius 3 is 1.33 bits per heavy atom. The van der Waals surface area contributed by atoms with Gasteiger partial charge in [0.1, 0.15) is 0 Å². The van der Waals surface area contributed by atoms with Gasteiger partial charge in [0.2, 0.25) is 0 Å². The smallest absolute Gasteiger partial charge is 0.00234 e. The van der Waals surface area contributed by atoms with Gasteiger partial charge in [0, 0.05) is 0 Å². The second kappa shape index (κ2) is 4.48. The molecule has 24 heavy (non-hydrogen) atoms. The lowest BCUT2D eigenvalue weighted by molar-refractivity contribution is 1.39. The van der Waals surface area contributed by atoms with E-state index in [0.717, 1.165) is 0 Å². The van der Waals surface area contributed by atoms with Crippen LogP contribution in [0.5, 0.6) is 0 Å². The van der Waals surface area contributed by atoms with Crippen LogP contribution in [0.4, 0.5) is 0 Å². The number of fused-ring (bicyclic) bond motifs is 2. The fraction of sp³-hybridized carbons (Fsp3) is 0.167. The van der Waals surface area contributed by atoms with E-state index in [1.807, 2.05) is 0 Å². The third-order valence-electron chi connectivity index (χ3n) is 5.91. The summed E-state index contributed by atoms with van der Waals surface area (Å²) < 4.78 is 0. The van der Waals surface area contributed by atoms with E-state index in [1.165, 1.54) is 65.3 Å². The molecule has 0 amide bonds. The summed E-state index contributed by atoms with van der Waals surface area (Å²) in [5, 5.41) is 11.2. The fourth-order valence-corrected chi connectivity index (χ4v) is 4.48. The van der Waals surface area contributed by atoms with Gasteiger partial charge in [-0.3, -0.25) is 0 Å². The summed E-state index contributed by atoms with van der Waals surface area (Å²) in [7, 11) is 0. The molecule has 0 radical (unpaired) electrons. The predicted molar refractivity (Wildman–Crippen MR) is 107 cm³/mol. The van der Waals surface area contributed by atoms with Gasteiger partial charge in [-0.05, 0) is 93.0 Å². The molecule has 0 saturated heterocycles. The van der Waals surface area contributed by atoms with Crippen LogP contribution in [0.25, 0.3) is 43.1 Å². The highest BCUT2D eigenvalue weighted by Gasteiger charge is 2.17. The molecule has 0 aromatic heterocycles. The van der Waals surface area contributed by atoms with Gasteiger partial charge in [0.25, 0.3) is 0 Å². The molecule has 0 nitrogen and oxygen atoms in total. The summed E-state index contributed by atoms with van der Waals surface area (Å²) in [6, 6.07) is 18.2. The first kappa shape index (κ1) is 13.8. The van der Waals surface area contributed by atoms with E-state index < -0.39 is 0 Å². The van der Waals surface area contributed by atoms with Crippen molar-refractivity contribution >= 4 is 43.1 Å². The monoisotopic (exact) mass is 308 g/mol. The highest BCUT2D eigenvalue weighted by atomic mass is 14.2. The molecule has 0 spiro atoms. The Morgan fingerprint density at radius 1 is 0.500 bits per heavy atom. The van der Waals surface area contributed by atoms with Crippen molar-refractivity contribution in [3.8, 4) is 0 Å². The minimum Gasteiger partial charge on any atom is -0.0610 e. The normalized spacial score (nSPS) is 12.2. The summed E-state index contributed by atoms with van der Waals surface area (Å²) in [5.74, 6) is 0. The molecule has 5 aromatic carbocycles. The van der Waals surface area contributed by atoms with Gasteiger partial charge in [-0.25, -0.2) is 0 Å². The average Bonchev–Trinajstić information content (AvgIpc) is 2.57. The summed E-state index contributed by atoms with van der Waals surface area (Å²) in [5.41, 5.74) is 5.57. The van der Waals surface area contributed by atoms with E-state index in [-0.39, 0.29) is 0 Å². The topological polar surface area (TPSA) is 0 Å². The van der Waals surface area contributed by atoms with Gasteiger partial charge < -0.3 is 0 Å². The summed E-state index contributed by atoms with van der Waals surface area (Å²) in [4.78, 5) is 0. The van der Waals surface area contributed by atoms with Crippen molar-refractivity contribution in [2.45, 2.75) is 27.7 Å². The molecule has 0 N–H and O–H groups in total. The zero-order chi connectivity index (χ0) is 16.6. The first-order chi connectivity index (χ1) is 11.6. The maximum atomic E-state index is 2.34. The molecular formula is C24H20. The van der Waals surface area contributed by atoms with Gasteiger partial charge in [-0.2, -0.15) is 0 Å². The van der Waals surface area contributed by atoms with Gasteiger partial charge in [-0.15, -0.1) is 0 Å². The average molecular weight is 308 g/mol. The Hall–Kier alpha value is -2.60. The van der Waals surface area contributed by atoms with Crippen molar-refractivity contribution in [3.63, 3.8) is 0 Å². The minimum atomic E-state index is 1.36. The van der Waals surface area contributed by atoms with Crippen molar-refractivity contribution in [2.24, 2.45) is 0 Å². The number of aryl methyl sites for hydroxylation is 4. The molecule has 0 heteroatoms. The summed E-state index contributed by atoms with van der Waals surface area (Å²) in [6.07, 6.45) is 0. The predicted octanol–water partition coefficient (Wildman–Crippen LogP) is 6.97. The zero-order valence-corrected chi connectivity index (χ0v) is 14.6. The van der Waals surface area contributed by atoms with E-state index in [1.54, 1.807) is 0 Å².